The normalized spacial score (nSPS) is 11.8. The second kappa shape index (κ2) is 5.96. The van der Waals surface area contributed by atoms with E-state index in [1.54, 1.807) is 13.1 Å². The number of nitrogens with zero attached hydrogens (tertiary/aromatic N) is 2. The van der Waals surface area contributed by atoms with E-state index in [1.165, 1.54) is 0 Å². The molecule has 1 aromatic heterocycles. The number of ether oxygens (including phenoxy) is 1. The van der Waals surface area contributed by atoms with E-state index < -0.39 is 11.9 Å². The summed E-state index contributed by atoms with van der Waals surface area (Å²) in [5.41, 5.74) is 1.83. The fraction of sp³-hybridized carbons (Fsp3) is 0.267. The smallest absolute Gasteiger partial charge is 0.323 e. The van der Waals surface area contributed by atoms with E-state index >= 15 is 0 Å². The molecule has 0 aliphatic rings. The van der Waals surface area contributed by atoms with Gasteiger partial charge in [0.25, 0.3) is 0 Å². The molecule has 0 N–H and O–H groups in total. The number of hydrogen-bond acceptors (Lipinski definition) is 4. The highest BCUT2D eigenvalue weighted by Crippen LogP contribution is 2.16. The second-order valence-electron chi connectivity index (χ2n) is 4.17. The summed E-state index contributed by atoms with van der Waals surface area (Å²) in [5, 5.41) is 10.0. The van der Waals surface area contributed by atoms with Crippen molar-refractivity contribution in [3.63, 3.8) is 0 Å². The zero-order chi connectivity index (χ0) is 13.7. The number of nitriles is 1. The number of rotatable bonds is 4. The number of aromatic nitrogens is 1. The molecule has 0 radical (unpaired) electrons. The molecule has 0 fully saturated rings. The first-order chi connectivity index (χ1) is 9.24. The summed E-state index contributed by atoms with van der Waals surface area (Å²) in [6.45, 7) is 2.02. The van der Waals surface area contributed by atoms with Crippen molar-refractivity contribution in [1.82, 2.24) is 4.98 Å². The van der Waals surface area contributed by atoms with Crippen LogP contribution in [0.4, 0.5) is 0 Å². The van der Waals surface area contributed by atoms with Crippen LogP contribution in [0, 0.1) is 17.2 Å². The Labute approximate surface area is 111 Å². The highest BCUT2D eigenvalue weighted by Gasteiger charge is 2.19. The molecule has 0 aliphatic heterocycles. The van der Waals surface area contributed by atoms with Crippen molar-refractivity contribution < 1.29 is 9.53 Å². The molecule has 1 heterocycles. The Balaban J connectivity index is 2.20. The van der Waals surface area contributed by atoms with Crippen molar-refractivity contribution in [2.75, 3.05) is 6.61 Å². The molecular weight excluding hydrogens is 240 g/mol. The van der Waals surface area contributed by atoms with Gasteiger partial charge in [0.15, 0.2) is 0 Å². The summed E-state index contributed by atoms with van der Waals surface area (Å²) in [4.78, 5) is 15.8. The lowest BCUT2D eigenvalue weighted by molar-refractivity contribution is -0.145. The summed E-state index contributed by atoms with van der Waals surface area (Å²) in [5.74, 6) is -1.22. The van der Waals surface area contributed by atoms with Crippen molar-refractivity contribution >= 4 is 16.9 Å². The third kappa shape index (κ3) is 3.08. The Hall–Kier alpha value is -2.41. The minimum atomic E-state index is -0.755. The number of carbonyl (C=O) groups excluding carboxylic acids is 1. The molecule has 1 atom stereocenters. The van der Waals surface area contributed by atoms with E-state index in [4.69, 9.17) is 10.00 Å². The zero-order valence-corrected chi connectivity index (χ0v) is 10.7. The van der Waals surface area contributed by atoms with Gasteiger partial charge in [-0.3, -0.25) is 9.78 Å². The standard InChI is InChI=1S/C15H14N2O2/c1-2-19-15(18)13(10-16)9-11-5-6-14-12(8-11)4-3-7-17-14/h3-8,13H,2,9H2,1H3. The molecule has 2 aromatic rings. The lowest BCUT2D eigenvalue weighted by Gasteiger charge is -2.08. The van der Waals surface area contributed by atoms with Gasteiger partial charge < -0.3 is 4.74 Å². The van der Waals surface area contributed by atoms with Crippen LogP contribution in [0.3, 0.4) is 0 Å². The molecule has 0 spiro atoms. The highest BCUT2D eigenvalue weighted by atomic mass is 16.5. The first kappa shape index (κ1) is 13.0. The van der Waals surface area contributed by atoms with Crippen LogP contribution in [-0.4, -0.2) is 17.6 Å². The van der Waals surface area contributed by atoms with Crippen LogP contribution in [0.25, 0.3) is 10.9 Å². The molecule has 4 heteroatoms. The molecule has 2 rings (SSSR count). The molecule has 0 saturated heterocycles. The molecule has 19 heavy (non-hydrogen) atoms. The minimum Gasteiger partial charge on any atom is -0.465 e. The molecular formula is C15H14N2O2. The maximum atomic E-state index is 11.6. The average molecular weight is 254 g/mol. The largest absolute Gasteiger partial charge is 0.465 e. The third-order valence-electron chi connectivity index (χ3n) is 2.83. The average Bonchev–Trinajstić information content (AvgIpc) is 2.44. The lowest BCUT2D eigenvalue weighted by atomic mass is 9.99. The lowest BCUT2D eigenvalue weighted by Crippen LogP contribution is -2.18. The van der Waals surface area contributed by atoms with Crippen molar-refractivity contribution in [1.29, 1.82) is 5.26 Å². The molecule has 96 valence electrons. The fourth-order valence-corrected chi connectivity index (χ4v) is 1.91. The van der Waals surface area contributed by atoms with E-state index in [9.17, 15) is 4.79 Å². The van der Waals surface area contributed by atoms with Gasteiger partial charge in [-0.1, -0.05) is 12.1 Å². The van der Waals surface area contributed by atoms with Gasteiger partial charge in [0.1, 0.15) is 5.92 Å². The summed E-state index contributed by atoms with van der Waals surface area (Å²) in [6, 6.07) is 11.5. The van der Waals surface area contributed by atoms with Crippen LogP contribution >= 0.6 is 0 Å². The zero-order valence-electron chi connectivity index (χ0n) is 10.7. The number of benzene rings is 1. The van der Waals surface area contributed by atoms with E-state index in [1.807, 2.05) is 36.4 Å². The summed E-state index contributed by atoms with van der Waals surface area (Å²) >= 11 is 0. The molecule has 0 saturated carbocycles. The first-order valence-corrected chi connectivity index (χ1v) is 6.14. The number of fused-ring (bicyclic) bond motifs is 1. The van der Waals surface area contributed by atoms with Gasteiger partial charge in [-0.15, -0.1) is 0 Å². The van der Waals surface area contributed by atoms with Crippen molar-refractivity contribution in [2.24, 2.45) is 5.92 Å². The number of esters is 1. The van der Waals surface area contributed by atoms with Gasteiger partial charge in [0.05, 0.1) is 18.2 Å². The summed E-state index contributed by atoms with van der Waals surface area (Å²) in [7, 11) is 0. The Morgan fingerprint density at radius 2 is 2.32 bits per heavy atom. The van der Waals surface area contributed by atoms with Crippen LogP contribution in [0.2, 0.25) is 0 Å². The maximum absolute atomic E-state index is 11.6. The van der Waals surface area contributed by atoms with Gasteiger partial charge in [-0.05, 0) is 37.1 Å². The van der Waals surface area contributed by atoms with E-state index in [-0.39, 0.29) is 0 Å². The second-order valence-corrected chi connectivity index (χ2v) is 4.17. The molecule has 1 unspecified atom stereocenters. The van der Waals surface area contributed by atoms with Crippen molar-refractivity contribution in [3.05, 3.63) is 42.1 Å². The highest BCUT2D eigenvalue weighted by molar-refractivity contribution is 5.80. The van der Waals surface area contributed by atoms with Gasteiger partial charge in [-0.2, -0.15) is 5.26 Å². The fourth-order valence-electron chi connectivity index (χ4n) is 1.91. The topological polar surface area (TPSA) is 63.0 Å². The molecule has 0 aliphatic carbocycles. The van der Waals surface area contributed by atoms with Gasteiger partial charge in [0, 0.05) is 11.6 Å². The van der Waals surface area contributed by atoms with Gasteiger partial charge in [-0.25, -0.2) is 0 Å². The Kier molecular flexibility index (Phi) is 4.09. The summed E-state index contributed by atoms with van der Waals surface area (Å²) in [6.07, 6.45) is 2.10. The van der Waals surface area contributed by atoms with Crippen LogP contribution in [0.1, 0.15) is 12.5 Å². The summed E-state index contributed by atoms with van der Waals surface area (Å²) < 4.78 is 4.88. The Morgan fingerprint density at radius 1 is 1.47 bits per heavy atom. The van der Waals surface area contributed by atoms with E-state index in [2.05, 4.69) is 4.98 Å². The SMILES string of the molecule is CCOC(=O)C(C#N)Cc1ccc2ncccc2c1. The number of hydrogen-bond donors (Lipinski definition) is 0. The van der Waals surface area contributed by atoms with E-state index in [0.717, 1.165) is 16.5 Å². The maximum Gasteiger partial charge on any atom is 0.323 e. The molecule has 4 nitrogen and oxygen atoms in total. The van der Waals surface area contributed by atoms with Crippen LogP contribution in [0.5, 0.6) is 0 Å². The third-order valence-corrected chi connectivity index (χ3v) is 2.83. The first-order valence-electron chi connectivity index (χ1n) is 6.14. The van der Waals surface area contributed by atoms with Crippen LogP contribution in [-0.2, 0) is 16.0 Å². The van der Waals surface area contributed by atoms with Crippen molar-refractivity contribution in [3.8, 4) is 6.07 Å². The Bertz CT molecular complexity index is 631. The van der Waals surface area contributed by atoms with Crippen molar-refractivity contribution in [2.45, 2.75) is 13.3 Å². The predicted octanol–water partition coefficient (Wildman–Crippen LogP) is 2.48. The van der Waals surface area contributed by atoms with Gasteiger partial charge in [0.2, 0.25) is 0 Å². The minimum absolute atomic E-state index is 0.290. The quantitative estimate of drug-likeness (QED) is 0.786. The van der Waals surface area contributed by atoms with Gasteiger partial charge >= 0.3 is 5.97 Å². The number of pyridine rings is 1. The number of carbonyl (C=O) groups is 1. The molecule has 1 aromatic carbocycles. The monoisotopic (exact) mass is 254 g/mol. The van der Waals surface area contributed by atoms with Crippen LogP contribution in [0.15, 0.2) is 36.5 Å². The predicted molar refractivity (Wildman–Crippen MR) is 71.2 cm³/mol. The van der Waals surface area contributed by atoms with E-state index in [0.29, 0.717) is 13.0 Å². The molecule has 0 amide bonds. The van der Waals surface area contributed by atoms with Crippen LogP contribution < -0.4 is 0 Å². The molecule has 0 bridgehead atoms. The Morgan fingerprint density at radius 3 is 3.05 bits per heavy atom.